The van der Waals surface area contributed by atoms with Gasteiger partial charge in [0.2, 0.25) is 5.91 Å². The Balaban J connectivity index is 0.959. The Morgan fingerprint density at radius 2 is 1.14 bits per heavy atom. The molecule has 2 fully saturated rings. The smallest absolute Gasteiger partial charge is 0.234 e. The molecule has 5 nitrogen and oxygen atoms in total. The fraction of sp³-hybridized carbons (Fsp3) is 0.290. The summed E-state index contributed by atoms with van der Waals surface area (Å²) in [6.07, 6.45) is 4.35. The number of fused-ring (bicyclic) bond motifs is 2. The number of benzene rings is 7. The molecular formula is C62H66FN3O2S2. The van der Waals surface area contributed by atoms with E-state index >= 15 is 0 Å². The van der Waals surface area contributed by atoms with E-state index in [0.29, 0.717) is 24.8 Å². The van der Waals surface area contributed by atoms with Crippen LogP contribution in [0.5, 0.6) is 0 Å². The third-order valence-corrected chi connectivity index (χ3v) is 20.3. The van der Waals surface area contributed by atoms with Crippen LogP contribution < -0.4 is 5.32 Å². The van der Waals surface area contributed by atoms with E-state index < -0.39 is 14.8 Å². The molecule has 2 aliphatic rings. The minimum Gasteiger partial charge on any atom is -0.354 e. The zero-order valence-corrected chi connectivity index (χ0v) is 42.0. The zero-order chi connectivity index (χ0) is 48.2. The van der Waals surface area contributed by atoms with Gasteiger partial charge in [0, 0.05) is 49.0 Å². The van der Waals surface area contributed by atoms with Crippen molar-refractivity contribution < 1.29 is 14.0 Å². The number of hydrogen-bond acceptors (Lipinski definition) is 5. The van der Waals surface area contributed by atoms with Crippen molar-refractivity contribution in [3.63, 3.8) is 0 Å². The Bertz CT molecular complexity index is 2520. The van der Waals surface area contributed by atoms with Gasteiger partial charge in [-0.15, -0.1) is 11.8 Å². The van der Waals surface area contributed by atoms with E-state index in [4.69, 9.17) is 0 Å². The second-order valence-corrected chi connectivity index (χ2v) is 23.4. The summed E-state index contributed by atoms with van der Waals surface area (Å²) in [4.78, 5) is 37.1. The van der Waals surface area contributed by atoms with Crippen molar-refractivity contribution in [2.24, 2.45) is 5.92 Å². The van der Waals surface area contributed by atoms with Crippen molar-refractivity contribution in [2.45, 2.75) is 76.5 Å². The highest BCUT2D eigenvalue weighted by molar-refractivity contribution is 8.33. The minimum absolute atomic E-state index is 0.0294. The Morgan fingerprint density at radius 1 is 0.657 bits per heavy atom. The molecule has 2 aliphatic heterocycles. The number of nitrogens with one attached hydrogen (secondary N) is 1. The summed E-state index contributed by atoms with van der Waals surface area (Å²) in [6.45, 7) is 5.13. The second-order valence-electron chi connectivity index (χ2n) is 18.8. The lowest BCUT2D eigenvalue weighted by Crippen LogP contribution is -2.51. The summed E-state index contributed by atoms with van der Waals surface area (Å²) in [7, 11) is -1.71. The highest BCUT2D eigenvalue weighted by atomic mass is 32.3. The molecule has 2 heterocycles. The summed E-state index contributed by atoms with van der Waals surface area (Å²) in [5.74, 6) is 1.64. The molecule has 0 aromatic heterocycles. The maximum Gasteiger partial charge on any atom is 0.234 e. The van der Waals surface area contributed by atoms with Crippen LogP contribution in [0.25, 0.3) is 0 Å². The molecule has 2 saturated heterocycles. The molecule has 70 heavy (non-hydrogen) atoms. The molecule has 1 amide bonds. The van der Waals surface area contributed by atoms with Crippen LogP contribution in [-0.4, -0.2) is 77.8 Å². The number of thioether (sulfide) groups is 1. The number of nitrogens with zero attached hydrogens (tertiary/aromatic N) is 2. The van der Waals surface area contributed by atoms with E-state index in [2.05, 4.69) is 197 Å². The van der Waals surface area contributed by atoms with Crippen molar-refractivity contribution in [1.29, 1.82) is 0 Å². The molecule has 8 heteroatoms. The number of carbonyl (C=O) groups is 2. The van der Waals surface area contributed by atoms with E-state index in [1.165, 1.54) is 43.5 Å². The fourth-order valence-corrected chi connectivity index (χ4v) is 16.9. The Labute approximate surface area is 421 Å². The highest BCUT2D eigenvalue weighted by Gasteiger charge is 2.49. The van der Waals surface area contributed by atoms with E-state index in [1.807, 2.05) is 30.8 Å². The fourth-order valence-electron chi connectivity index (χ4n) is 11.6. The summed E-state index contributed by atoms with van der Waals surface area (Å²) in [5.41, 5.74) is 4.74. The minimum atomic E-state index is -1.71. The van der Waals surface area contributed by atoms with E-state index in [-0.39, 0.29) is 36.1 Å². The predicted molar refractivity (Wildman–Crippen MR) is 288 cm³/mol. The van der Waals surface area contributed by atoms with Gasteiger partial charge in [-0.25, -0.2) is 4.39 Å². The van der Waals surface area contributed by atoms with Crippen molar-refractivity contribution >= 4 is 33.5 Å². The van der Waals surface area contributed by atoms with Gasteiger partial charge in [-0.1, -0.05) is 165 Å². The second kappa shape index (κ2) is 23.4. The first-order valence-corrected chi connectivity index (χ1v) is 28.0. The van der Waals surface area contributed by atoms with E-state index in [1.54, 1.807) is 0 Å². The molecule has 4 atom stereocenters. The number of hydrogen-bond donors (Lipinski definition) is 1. The first-order chi connectivity index (χ1) is 34.4. The first kappa shape index (κ1) is 49.2. The molecule has 360 valence electrons. The summed E-state index contributed by atoms with van der Waals surface area (Å²) >= 11 is 1.93. The largest absolute Gasteiger partial charge is 0.354 e. The summed E-state index contributed by atoms with van der Waals surface area (Å²) in [6, 6.07) is 72.3. The average molecular weight is 968 g/mol. The molecule has 7 aromatic carbocycles. The molecule has 0 aliphatic carbocycles. The third-order valence-electron chi connectivity index (χ3n) is 14.8. The highest BCUT2D eigenvalue weighted by Crippen LogP contribution is 2.67. The molecule has 0 spiro atoms. The lowest BCUT2D eigenvalue weighted by molar-refractivity contribution is -0.127. The number of piperidine rings is 1. The van der Waals surface area contributed by atoms with Crippen LogP contribution in [0.15, 0.2) is 221 Å². The van der Waals surface area contributed by atoms with Crippen molar-refractivity contribution in [1.82, 2.24) is 15.1 Å². The first-order valence-electron chi connectivity index (χ1n) is 25.2. The number of Topliss-reactive ketones (excluding diaryl/α,β-unsaturated/α-hetero) is 1. The normalized spacial score (nSPS) is 18.4. The number of ketones is 1. The number of amides is 1. The summed E-state index contributed by atoms with van der Waals surface area (Å²) in [5, 5.41) is 3.44. The number of rotatable bonds is 22. The van der Waals surface area contributed by atoms with E-state index in [0.717, 1.165) is 62.4 Å². The van der Waals surface area contributed by atoms with E-state index in [9.17, 15) is 14.0 Å². The van der Waals surface area contributed by atoms with Crippen molar-refractivity contribution in [2.75, 3.05) is 44.2 Å². The molecule has 0 radical (unpaired) electrons. The van der Waals surface area contributed by atoms with Crippen LogP contribution in [-0.2, 0) is 14.3 Å². The molecule has 2 unspecified atom stereocenters. The Morgan fingerprint density at radius 3 is 1.63 bits per heavy atom. The van der Waals surface area contributed by atoms with Gasteiger partial charge in [0.05, 0.1) is 11.3 Å². The van der Waals surface area contributed by atoms with Gasteiger partial charge in [0.15, 0.2) is 0 Å². The quantitative estimate of drug-likeness (QED) is 0.0686. The average Bonchev–Trinajstić information content (AvgIpc) is 3.69. The lowest BCUT2D eigenvalue weighted by Gasteiger charge is -2.44. The Kier molecular flexibility index (Phi) is 16.5. The third kappa shape index (κ3) is 10.8. The number of carbonyl (C=O) groups excluding carboxylic acids is 2. The SMILES string of the molecule is CCC(=O)[C@@H]1C2CCC(C[C@H]1c1ccc(F)cc1)N2CCCN(CCSC(c1ccccc1)(c1ccccc1)c1ccccc1)CC(=O)NCCS(c1ccccc1)(c1ccccc1)c1ccccc1. The van der Waals surface area contributed by atoms with Gasteiger partial charge < -0.3 is 5.32 Å². The van der Waals surface area contributed by atoms with Gasteiger partial charge in [-0.05, 0) is 130 Å². The molecule has 0 saturated carbocycles. The van der Waals surface area contributed by atoms with Crippen LogP contribution in [0.3, 0.4) is 0 Å². The lowest BCUT2D eigenvalue weighted by atomic mass is 9.73. The van der Waals surface area contributed by atoms with Crippen molar-refractivity contribution in [3.05, 3.63) is 234 Å². The van der Waals surface area contributed by atoms with Gasteiger partial charge >= 0.3 is 0 Å². The maximum atomic E-state index is 14.5. The van der Waals surface area contributed by atoms with Crippen LogP contribution in [0.1, 0.15) is 67.2 Å². The monoisotopic (exact) mass is 967 g/mol. The van der Waals surface area contributed by atoms with Gasteiger partial charge in [-0.3, -0.25) is 19.4 Å². The molecule has 2 bridgehead atoms. The molecular weight excluding hydrogens is 902 g/mol. The topological polar surface area (TPSA) is 52.7 Å². The number of halogens is 1. The standard InChI is InChI=1S/C62H66FN3O2S2/c1-2-59(67)61-57(48-34-36-52(63)37-35-48)46-53-38-39-58(61)66(53)42-21-41-65(43-44-69-62(49-22-9-3-10-23-49,50-24-11-4-12-25-50)51-26-13-5-14-27-51)47-60(68)64-40-45-70(54-28-15-6-16-29-54,55-30-17-7-18-31-55)56-32-19-8-20-33-56/h3-20,22-37,53,57-58,61H,2,21,38-47H2,1H3,(H,64,68)/t53?,57-,58?,61-/m0/s1. The molecule has 9 rings (SSSR count). The maximum absolute atomic E-state index is 14.5. The van der Waals surface area contributed by atoms with Crippen LogP contribution in [0.4, 0.5) is 4.39 Å². The van der Waals surface area contributed by atoms with Crippen molar-refractivity contribution in [3.8, 4) is 0 Å². The molecule has 7 aromatic rings. The van der Waals surface area contributed by atoms with Crippen LogP contribution >= 0.6 is 21.8 Å². The van der Waals surface area contributed by atoms with Gasteiger partial charge in [-0.2, -0.15) is 10.0 Å². The summed E-state index contributed by atoms with van der Waals surface area (Å²) < 4.78 is 13.6. The van der Waals surface area contributed by atoms with Crippen LogP contribution in [0.2, 0.25) is 0 Å². The predicted octanol–water partition coefficient (Wildman–Crippen LogP) is 13.3. The Hall–Kier alpha value is -5.77. The van der Waals surface area contributed by atoms with Gasteiger partial charge in [0.25, 0.3) is 0 Å². The van der Waals surface area contributed by atoms with Crippen LogP contribution in [0, 0.1) is 11.7 Å². The molecule has 1 N–H and O–H groups in total. The zero-order valence-electron chi connectivity index (χ0n) is 40.3. The van der Waals surface area contributed by atoms with Gasteiger partial charge in [0.1, 0.15) is 11.6 Å².